The van der Waals surface area contributed by atoms with Crippen molar-refractivity contribution in [1.29, 1.82) is 0 Å². The average molecular weight is 264 g/mol. The molecule has 0 bridgehead atoms. The Morgan fingerprint density at radius 2 is 0.947 bits per heavy atom. The fraction of sp³-hybridized carbons (Fsp3) is 0.111. The van der Waals surface area contributed by atoms with Crippen LogP contribution in [0.15, 0.2) is 60.7 Å². The van der Waals surface area contributed by atoms with Crippen LogP contribution in [0.4, 0.5) is 0 Å². The highest BCUT2D eigenvalue weighted by atomic mass is 32.1. The second-order valence-electron chi connectivity index (χ2n) is 4.74. The quantitative estimate of drug-likeness (QED) is 0.557. The smallest absolute Gasteiger partial charge is 0.0381 e. The lowest BCUT2D eigenvalue weighted by atomic mass is 10.0. The molecule has 0 fully saturated rings. The summed E-state index contributed by atoms with van der Waals surface area (Å²) in [6.45, 7) is 4.45. The summed E-state index contributed by atoms with van der Waals surface area (Å²) in [5.74, 6) is 0. The Morgan fingerprint density at radius 1 is 0.579 bits per heavy atom. The molecule has 1 heterocycles. The Balaban J connectivity index is 2.16. The molecular weight excluding hydrogens is 248 g/mol. The van der Waals surface area contributed by atoms with Gasteiger partial charge in [0.05, 0.1) is 0 Å². The zero-order valence-corrected chi connectivity index (χ0v) is 12.0. The molecule has 2 aromatic carbocycles. The van der Waals surface area contributed by atoms with Gasteiger partial charge in [-0.05, 0) is 36.1 Å². The van der Waals surface area contributed by atoms with Crippen molar-refractivity contribution in [2.45, 2.75) is 13.8 Å². The fourth-order valence-electron chi connectivity index (χ4n) is 2.33. The van der Waals surface area contributed by atoms with Crippen LogP contribution in [0.25, 0.3) is 20.9 Å². The maximum absolute atomic E-state index is 2.22. The van der Waals surface area contributed by atoms with Crippen molar-refractivity contribution in [3.05, 3.63) is 71.8 Å². The van der Waals surface area contributed by atoms with Crippen LogP contribution in [0.5, 0.6) is 0 Å². The molecule has 3 aromatic rings. The van der Waals surface area contributed by atoms with Crippen LogP contribution in [-0.4, -0.2) is 0 Å². The molecule has 0 spiro atoms. The predicted molar refractivity (Wildman–Crippen MR) is 84.7 cm³/mol. The number of rotatable bonds is 2. The molecule has 0 unspecified atom stereocenters. The predicted octanol–water partition coefficient (Wildman–Crippen LogP) is 5.70. The first-order valence-corrected chi connectivity index (χ1v) is 7.30. The van der Waals surface area contributed by atoms with E-state index >= 15 is 0 Å². The lowest BCUT2D eigenvalue weighted by Crippen LogP contribution is -1.79. The number of benzene rings is 2. The minimum atomic E-state index is 1.32. The normalized spacial score (nSPS) is 10.6. The van der Waals surface area contributed by atoms with E-state index in [2.05, 4.69) is 74.5 Å². The van der Waals surface area contributed by atoms with E-state index in [1.807, 2.05) is 11.3 Å². The third kappa shape index (κ3) is 2.22. The first-order chi connectivity index (χ1) is 9.27. The first-order valence-electron chi connectivity index (χ1n) is 6.48. The molecule has 0 saturated carbocycles. The molecule has 1 aromatic heterocycles. The Morgan fingerprint density at radius 3 is 1.32 bits per heavy atom. The van der Waals surface area contributed by atoms with Crippen LogP contribution in [-0.2, 0) is 0 Å². The maximum Gasteiger partial charge on any atom is 0.0381 e. The minimum Gasteiger partial charge on any atom is -0.135 e. The van der Waals surface area contributed by atoms with E-state index in [1.54, 1.807) is 0 Å². The van der Waals surface area contributed by atoms with E-state index in [-0.39, 0.29) is 0 Å². The molecule has 0 atom stereocenters. The van der Waals surface area contributed by atoms with Crippen LogP contribution in [0.2, 0.25) is 0 Å². The van der Waals surface area contributed by atoms with E-state index in [0.29, 0.717) is 0 Å². The van der Waals surface area contributed by atoms with Crippen LogP contribution >= 0.6 is 11.3 Å². The molecule has 3 rings (SSSR count). The van der Waals surface area contributed by atoms with Gasteiger partial charge >= 0.3 is 0 Å². The SMILES string of the molecule is Cc1c(-c2ccccc2)sc(-c2ccccc2)c1C. The summed E-state index contributed by atoms with van der Waals surface area (Å²) in [6, 6.07) is 21.3. The molecule has 0 amide bonds. The minimum absolute atomic E-state index is 1.32. The zero-order valence-electron chi connectivity index (χ0n) is 11.2. The van der Waals surface area contributed by atoms with Crippen molar-refractivity contribution >= 4 is 11.3 Å². The summed E-state index contributed by atoms with van der Waals surface area (Å²) in [7, 11) is 0. The van der Waals surface area contributed by atoms with Gasteiger partial charge in [0.2, 0.25) is 0 Å². The Bertz CT molecular complexity index is 618. The molecule has 0 aliphatic heterocycles. The van der Waals surface area contributed by atoms with Gasteiger partial charge < -0.3 is 0 Å². The lowest BCUT2D eigenvalue weighted by molar-refractivity contribution is 1.40. The topological polar surface area (TPSA) is 0 Å². The fourth-order valence-corrected chi connectivity index (χ4v) is 3.65. The Labute approximate surface area is 118 Å². The highest BCUT2D eigenvalue weighted by molar-refractivity contribution is 7.19. The highest BCUT2D eigenvalue weighted by Gasteiger charge is 2.13. The molecule has 0 aliphatic rings. The molecule has 0 nitrogen and oxygen atoms in total. The third-order valence-electron chi connectivity index (χ3n) is 3.52. The summed E-state index contributed by atoms with van der Waals surface area (Å²) < 4.78 is 0. The van der Waals surface area contributed by atoms with Gasteiger partial charge in [0.25, 0.3) is 0 Å². The molecule has 19 heavy (non-hydrogen) atoms. The van der Waals surface area contributed by atoms with E-state index in [4.69, 9.17) is 0 Å². The molecule has 0 saturated heterocycles. The van der Waals surface area contributed by atoms with E-state index in [1.165, 1.54) is 32.0 Å². The van der Waals surface area contributed by atoms with Crippen molar-refractivity contribution in [3.8, 4) is 20.9 Å². The van der Waals surface area contributed by atoms with E-state index in [0.717, 1.165) is 0 Å². The van der Waals surface area contributed by atoms with Crippen LogP contribution in [0, 0.1) is 13.8 Å². The first kappa shape index (κ1) is 12.2. The van der Waals surface area contributed by atoms with E-state index in [9.17, 15) is 0 Å². The molecule has 0 N–H and O–H groups in total. The van der Waals surface area contributed by atoms with Crippen molar-refractivity contribution < 1.29 is 0 Å². The van der Waals surface area contributed by atoms with Gasteiger partial charge in [-0.15, -0.1) is 11.3 Å². The maximum atomic E-state index is 2.22. The molecule has 0 aliphatic carbocycles. The third-order valence-corrected chi connectivity index (χ3v) is 5.01. The molecule has 0 radical (unpaired) electrons. The number of hydrogen-bond donors (Lipinski definition) is 0. The zero-order chi connectivity index (χ0) is 13.2. The Hall–Kier alpha value is -1.86. The molecular formula is C18H16S. The van der Waals surface area contributed by atoms with Crippen LogP contribution < -0.4 is 0 Å². The van der Waals surface area contributed by atoms with Gasteiger partial charge in [-0.1, -0.05) is 60.7 Å². The summed E-state index contributed by atoms with van der Waals surface area (Å²) >= 11 is 1.89. The van der Waals surface area contributed by atoms with Gasteiger partial charge in [0.15, 0.2) is 0 Å². The van der Waals surface area contributed by atoms with E-state index < -0.39 is 0 Å². The van der Waals surface area contributed by atoms with Gasteiger partial charge in [-0.25, -0.2) is 0 Å². The molecule has 94 valence electrons. The van der Waals surface area contributed by atoms with Crippen LogP contribution in [0.1, 0.15) is 11.1 Å². The standard InChI is InChI=1S/C18H16S/c1-13-14(2)18(16-11-7-4-8-12-16)19-17(13)15-9-5-3-6-10-15/h3-12H,1-2H3. The summed E-state index contributed by atoms with van der Waals surface area (Å²) in [4.78, 5) is 2.77. The second kappa shape index (κ2) is 5.02. The number of hydrogen-bond acceptors (Lipinski definition) is 1. The largest absolute Gasteiger partial charge is 0.135 e. The average Bonchev–Trinajstić information content (AvgIpc) is 2.77. The van der Waals surface area contributed by atoms with Crippen molar-refractivity contribution in [3.63, 3.8) is 0 Å². The van der Waals surface area contributed by atoms with Gasteiger partial charge in [-0.3, -0.25) is 0 Å². The monoisotopic (exact) mass is 264 g/mol. The summed E-state index contributed by atoms with van der Waals surface area (Å²) in [6.07, 6.45) is 0. The second-order valence-corrected chi connectivity index (χ2v) is 5.76. The number of thiophene rings is 1. The highest BCUT2D eigenvalue weighted by Crippen LogP contribution is 2.41. The van der Waals surface area contributed by atoms with Gasteiger partial charge in [0.1, 0.15) is 0 Å². The summed E-state index contributed by atoms with van der Waals surface area (Å²) in [5, 5.41) is 0. The van der Waals surface area contributed by atoms with Crippen molar-refractivity contribution in [2.24, 2.45) is 0 Å². The van der Waals surface area contributed by atoms with Gasteiger partial charge in [-0.2, -0.15) is 0 Å². The summed E-state index contributed by atoms with van der Waals surface area (Å²) in [5.41, 5.74) is 5.43. The Kier molecular flexibility index (Phi) is 3.22. The van der Waals surface area contributed by atoms with Crippen molar-refractivity contribution in [2.75, 3.05) is 0 Å². The lowest BCUT2D eigenvalue weighted by Gasteiger charge is -1.99. The molecule has 1 heteroatoms. The van der Waals surface area contributed by atoms with Crippen LogP contribution in [0.3, 0.4) is 0 Å². The van der Waals surface area contributed by atoms with Gasteiger partial charge in [0, 0.05) is 9.75 Å². The van der Waals surface area contributed by atoms with Crippen molar-refractivity contribution in [1.82, 2.24) is 0 Å².